The fraction of sp³-hybridized carbons (Fsp3) is 0.389. The first-order valence-electron chi connectivity index (χ1n) is 8.64. The lowest BCUT2D eigenvalue weighted by molar-refractivity contribution is -0.120. The van der Waals surface area contributed by atoms with Crippen LogP contribution in [0.3, 0.4) is 0 Å². The van der Waals surface area contributed by atoms with E-state index in [1.807, 2.05) is 25.1 Å². The van der Waals surface area contributed by atoms with Gasteiger partial charge in [-0.25, -0.2) is 9.38 Å². The number of rotatable bonds is 4. The normalized spacial score (nSPS) is 14.9. The highest BCUT2D eigenvalue weighted by Crippen LogP contribution is 2.16. The molecule has 1 saturated heterocycles. The van der Waals surface area contributed by atoms with Crippen molar-refractivity contribution in [1.82, 2.24) is 20.0 Å². The standard InChI is InChI=1S/C18H23FN6O.HI/c1-3-20-18(21-10-14-6-4-5-7-16(14)19)24-8-9-25(17(26)13-24)15-11-22-23(2)12-15;/h4-7,11-12H,3,8-10,13H2,1-2H3,(H,20,21);1H. The van der Waals surface area contributed by atoms with Crippen molar-refractivity contribution in [3.05, 3.63) is 48.0 Å². The van der Waals surface area contributed by atoms with E-state index in [0.717, 1.165) is 5.69 Å². The summed E-state index contributed by atoms with van der Waals surface area (Å²) < 4.78 is 15.5. The van der Waals surface area contributed by atoms with E-state index >= 15 is 0 Å². The Hall–Kier alpha value is -2.17. The largest absolute Gasteiger partial charge is 0.356 e. The molecule has 146 valence electrons. The highest BCUT2D eigenvalue weighted by Gasteiger charge is 2.27. The first-order chi connectivity index (χ1) is 12.6. The lowest BCUT2D eigenvalue weighted by Crippen LogP contribution is -2.55. The molecule has 3 rings (SSSR count). The minimum absolute atomic E-state index is 0. The molecule has 0 spiro atoms. The summed E-state index contributed by atoms with van der Waals surface area (Å²) in [6.45, 7) is 4.28. The van der Waals surface area contributed by atoms with Crippen LogP contribution in [0.4, 0.5) is 10.1 Å². The molecule has 1 aromatic heterocycles. The van der Waals surface area contributed by atoms with E-state index in [9.17, 15) is 9.18 Å². The van der Waals surface area contributed by atoms with Crippen molar-refractivity contribution in [2.24, 2.45) is 12.0 Å². The van der Waals surface area contributed by atoms with E-state index in [4.69, 9.17) is 0 Å². The topological polar surface area (TPSA) is 65.8 Å². The summed E-state index contributed by atoms with van der Waals surface area (Å²) in [7, 11) is 1.82. The summed E-state index contributed by atoms with van der Waals surface area (Å²) in [5.41, 5.74) is 1.33. The summed E-state index contributed by atoms with van der Waals surface area (Å²) in [4.78, 5) is 20.7. The van der Waals surface area contributed by atoms with Crippen LogP contribution in [0.2, 0.25) is 0 Å². The van der Waals surface area contributed by atoms with Gasteiger partial charge in [0.1, 0.15) is 12.4 Å². The quantitative estimate of drug-likeness (QED) is 0.408. The Balaban J connectivity index is 0.00000261. The van der Waals surface area contributed by atoms with Crippen molar-refractivity contribution in [2.75, 3.05) is 31.1 Å². The monoisotopic (exact) mass is 486 g/mol. The Morgan fingerprint density at radius 1 is 1.33 bits per heavy atom. The van der Waals surface area contributed by atoms with Gasteiger partial charge in [0.2, 0.25) is 5.91 Å². The summed E-state index contributed by atoms with van der Waals surface area (Å²) in [6, 6.07) is 6.59. The Bertz CT molecular complexity index is 809. The molecule has 2 aromatic rings. The average molecular weight is 486 g/mol. The minimum Gasteiger partial charge on any atom is -0.356 e. The molecule has 7 nitrogen and oxygen atoms in total. The second-order valence-electron chi connectivity index (χ2n) is 6.10. The van der Waals surface area contributed by atoms with Crippen LogP contribution in [0.25, 0.3) is 0 Å². The zero-order chi connectivity index (χ0) is 18.5. The molecule has 0 radical (unpaired) electrons. The number of hydrogen-bond acceptors (Lipinski definition) is 3. The molecule has 0 unspecified atom stereocenters. The number of piperazine rings is 1. The zero-order valence-electron chi connectivity index (χ0n) is 15.4. The van der Waals surface area contributed by atoms with Gasteiger partial charge in [0, 0.05) is 38.4 Å². The fourth-order valence-electron chi connectivity index (χ4n) is 2.89. The number of guanidine groups is 1. The summed E-state index contributed by atoms with van der Waals surface area (Å²) in [6.07, 6.45) is 3.51. The molecule has 9 heteroatoms. The van der Waals surface area contributed by atoms with Gasteiger partial charge in [-0.05, 0) is 13.0 Å². The van der Waals surface area contributed by atoms with Crippen molar-refractivity contribution >= 4 is 41.5 Å². The van der Waals surface area contributed by atoms with Crippen molar-refractivity contribution in [3.8, 4) is 0 Å². The third kappa shape index (κ3) is 5.18. The molecule has 1 fully saturated rings. The molecule has 0 atom stereocenters. The third-order valence-corrected chi connectivity index (χ3v) is 4.22. The van der Waals surface area contributed by atoms with Gasteiger partial charge in [0.15, 0.2) is 5.96 Å². The Kier molecular flexibility index (Phi) is 7.57. The maximum atomic E-state index is 13.8. The van der Waals surface area contributed by atoms with Gasteiger partial charge >= 0.3 is 0 Å². The summed E-state index contributed by atoms with van der Waals surface area (Å²) in [5.74, 6) is 0.334. The second kappa shape index (κ2) is 9.67. The fourth-order valence-corrected chi connectivity index (χ4v) is 2.89. The van der Waals surface area contributed by atoms with Gasteiger partial charge in [-0.2, -0.15) is 5.10 Å². The molecular formula is C18H24FIN6O. The van der Waals surface area contributed by atoms with Gasteiger partial charge in [-0.3, -0.25) is 9.48 Å². The van der Waals surface area contributed by atoms with Crippen LogP contribution in [0, 0.1) is 5.82 Å². The number of nitrogens with zero attached hydrogens (tertiary/aromatic N) is 5. The summed E-state index contributed by atoms with van der Waals surface area (Å²) in [5, 5.41) is 7.31. The van der Waals surface area contributed by atoms with Crippen LogP contribution >= 0.6 is 24.0 Å². The maximum absolute atomic E-state index is 13.8. The highest BCUT2D eigenvalue weighted by atomic mass is 127. The van der Waals surface area contributed by atoms with E-state index in [1.54, 1.807) is 34.0 Å². The SMILES string of the molecule is CCNC(=NCc1ccccc1F)N1CCN(c2cnn(C)c2)C(=O)C1.I. The van der Waals surface area contributed by atoms with Crippen molar-refractivity contribution in [1.29, 1.82) is 0 Å². The number of amides is 1. The van der Waals surface area contributed by atoms with Gasteiger partial charge in [0.25, 0.3) is 0 Å². The predicted octanol–water partition coefficient (Wildman–Crippen LogP) is 1.99. The Morgan fingerprint density at radius 3 is 2.74 bits per heavy atom. The number of nitrogens with one attached hydrogen (secondary N) is 1. The summed E-state index contributed by atoms with van der Waals surface area (Å²) >= 11 is 0. The number of aliphatic imine (C=N–C) groups is 1. The Labute approximate surface area is 175 Å². The smallest absolute Gasteiger partial charge is 0.246 e. The number of aromatic nitrogens is 2. The van der Waals surface area contributed by atoms with Gasteiger partial charge in [0.05, 0.1) is 18.4 Å². The molecule has 1 aliphatic heterocycles. The molecular weight excluding hydrogens is 462 g/mol. The highest BCUT2D eigenvalue weighted by molar-refractivity contribution is 14.0. The van der Waals surface area contributed by atoms with Crippen LogP contribution < -0.4 is 10.2 Å². The minimum atomic E-state index is -0.274. The van der Waals surface area contributed by atoms with E-state index in [2.05, 4.69) is 15.4 Å². The molecule has 1 aliphatic rings. The van der Waals surface area contributed by atoms with Crippen molar-refractivity contribution in [2.45, 2.75) is 13.5 Å². The number of aryl methyl sites for hydroxylation is 1. The van der Waals surface area contributed by atoms with E-state index in [-0.39, 0.29) is 48.8 Å². The molecule has 0 aliphatic carbocycles. The lowest BCUT2D eigenvalue weighted by Gasteiger charge is -2.35. The number of halogens is 2. The average Bonchev–Trinajstić information content (AvgIpc) is 3.06. The third-order valence-electron chi connectivity index (χ3n) is 4.22. The Morgan fingerprint density at radius 2 is 2.11 bits per heavy atom. The van der Waals surface area contributed by atoms with E-state index in [1.165, 1.54) is 6.07 Å². The van der Waals surface area contributed by atoms with Crippen LogP contribution in [0.15, 0.2) is 41.7 Å². The van der Waals surface area contributed by atoms with E-state index < -0.39 is 0 Å². The van der Waals surface area contributed by atoms with Gasteiger partial charge in [-0.15, -0.1) is 24.0 Å². The molecule has 0 bridgehead atoms. The molecule has 1 N–H and O–H groups in total. The number of hydrogen-bond donors (Lipinski definition) is 1. The molecule has 27 heavy (non-hydrogen) atoms. The lowest BCUT2D eigenvalue weighted by atomic mass is 10.2. The molecule has 1 amide bonds. The number of carbonyl (C=O) groups excluding carboxylic acids is 1. The maximum Gasteiger partial charge on any atom is 0.246 e. The predicted molar refractivity (Wildman–Crippen MR) is 114 cm³/mol. The molecule has 2 heterocycles. The van der Waals surface area contributed by atoms with Crippen LogP contribution in [-0.2, 0) is 18.4 Å². The first-order valence-corrected chi connectivity index (χ1v) is 8.64. The van der Waals surface area contributed by atoms with Crippen molar-refractivity contribution in [3.63, 3.8) is 0 Å². The van der Waals surface area contributed by atoms with Crippen LogP contribution in [-0.4, -0.2) is 52.7 Å². The molecule has 0 saturated carbocycles. The number of benzene rings is 1. The van der Waals surface area contributed by atoms with Crippen LogP contribution in [0.5, 0.6) is 0 Å². The van der Waals surface area contributed by atoms with Crippen LogP contribution in [0.1, 0.15) is 12.5 Å². The van der Waals surface area contributed by atoms with Gasteiger partial charge in [-0.1, -0.05) is 18.2 Å². The number of carbonyl (C=O) groups is 1. The first kappa shape index (κ1) is 21.1. The zero-order valence-corrected chi connectivity index (χ0v) is 17.8. The van der Waals surface area contributed by atoms with E-state index in [0.29, 0.717) is 31.2 Å². The second-order valence-corrected chi connectivity index (χ2v) is 6.10. The van der Waals surface area contributed by atoms with Crippen molar-refractivity contribution < 1.29 is 9.18 Å². The van der Waals surface area contributed by atoms with Gasteiger partial charge < -0.3 is 15.1 Å². The molecule has 1 aromatic carbocycles. The number of anilines is 1.